The number of methoxy groups -OCH3 is 1. The Morgan fingerprint density at radius 3 is 3.11 bits per heavy atom. The minimum atomic E-state index is -0.000193. The van der Waals surface area contributed by atoms with Gasteiger partial charge in [-0.1, -0.05) is 11.3 Å². The van der Waals surface area contributed by atoms with E-state index in [2.05, 4.69) is 17.2 Å². The normalized spacial score (nSPS) is 18.8. The van der Waals surface area contributed by atoms with Crippen molar-refractivity contribution in [2.24, 2.45) is 0 Å². The summed E-state index contributed by atoms with van der Waals surface area (Å²) in [5, 5.41) is 3.77. The van der Waals surface area contributed by atoms with Crippen LogP contribution in [0, 0.1) is 0 Å². The molecule has 0 aromatic carbocycles. The molecular weight excluding hydrogens is 264 g/mol. The number of nitrogen functional groups attached to an aromatic ring is 1. The predicted molar refractivity (Wildman–Crippen MR) is 76.6 cm³/mol. The zero-order chi connectivity index (χ0) is 13.8. The maximum Gasteiger partial charge on any atom is 0.268 e. The fourth-order valence-electron chi connectivity index (χ4n) is 2.19. The molecule has 1 aromatic heterocycles. The highest BCUT2D eigenvalue weighted by Crippen LogP contribution is 2.29. The lowest BCUT2D eigenvalue weighted by molar-refractivity contribution is 0.0753. The molecule has 1 unspecified atom stereocenters. The Morgan fingerprint density at radius 1 is 1.68 bits per heavy atom. The van der Waals surface area contributed by atoms with Gasteiger partial charge in [0.05, 0.1) is 6.61 Å². The molecule has 1 aromatic rings. The van der Waals surface area contributed by atoms with Gasteiger partial charge >= 0.3 is 0 Å². The number of ether oxygens (including phenoxy) is 1. The van der Waals surface area contributed by atoms with Crippen LogP contribution in [-0.4, -0.2) is 48.6 Å². The Balaban J connectivity index is 2.05. The molecule has 1 fully saturated rings. The lowest BCUT2D eigenvalue weighted by Crippen LogP contribution is -2.33. The Morgan fingerprint density at radius 2 is 2.47 bits per heavy atom. The molecule has 0 bridgehead atoms. The molecule has 0 saturated carbocycles. The van der Waals surface area contributed by atoms with E-state index >= 15 is 0 Å². The Bertz CT molecular complexity index is 449. The quantitative estimate of drug-likeness (QED) is 0.799. The smallest absolute Gasteiger partial charge is 0.268 e. The summed E-state index contributed by atoms with van der Waals surface area (Å²) in [6.45, 7) is 4.12. The van der Waals surface area contributed by atoms with Crippen LogP contribution in [-0.2, 0) is 4.74 Å². The monoisotopic (exact) mass is 284 g/mol. The summed E-state index contributed by atoms with van der Waals surface area (Å²) in [5.41, 5.74) is 5.84. The molecule has 2 heterocycles. The number of carbonyl (C=O) groups excluding carboxylic acids is 1. The number of hydrogen-bond donors (Lipinski definition) is 2. The van der Waals surface area contributed by atoms with Crippen molar-refractivity contribution in [2.75, 3.05) is 37.9 Å². The number of aromatic nitrogens is 1. The Labute approximate surface area is 116 Å². The molecule has 0 aliphatic carbocycles. The molecular formula is C12H20N4O2S. The summed E-state index contributed by atoms with van der Waals surface area (Å²) < 4.78 is 4.95. The number of carbonyl (C=O) groups is 1. The molecule has 19 heavy (non-hydrogen) atoms. The zero-order valence-corrected chi connectivity index (χ0v) is 12.1. The van der Waals surface area contributed by atoms with Gasteiger partial charge in [-0.3, -0.25) is 4.79 Å². The van der Waals surface area contributed by atoms with E-state index in [9.17, 15) is 4.79 Å². The molecule has 1 aliphatic rings. The molecule has 1 amide bonds. The van der Waals surface area contributed by atoms with E-state index in [0.717, 1.165) is 19.4 Å². The van der Waals surface area contributed by atoms with E-state index in [1.54, 1.807) is 7.11 Å². The molecule has 106 valence electrons. The third-order valence-electron chi connectivity index (χ3n) is 3.24. The largest absolute Gasteiger partial charge is 0.383 e. The Kier molecular flexibility index (Phi) is 4.60. The fraction of sp³-hybridized carbons (Fsp3) is 0.667. The van der Waals surface area contributed by atoms with Crippen molar-refractivity contribution >= 4 is 28.2 Å². The van der Waals surface area contributed by atoms with Crippen LogP contribution in [0.5, 0.6) is 0 Å². The van der Waals surface area contributed by atoms with Gasteiger partial charge < -0.3 is 20.7 Å². The number of likely N-dealkylation sites (tertiary alicyclic amines) is 1. The average Bonchev–Trinajstić information content (AvgIpc) is 2.95. The van der Waals surface area contributed by atoms with Gasteiger partial charge in [0, 0.05) is 26.2 Å². The highest BCUT2D eigenvalue weighted by atomic mass is 32.1. The molecule has 0 radical (unpaired) electrons. The first-order chi connectivity index (χ1) is 9.13. The van der Waals surface area contributed by atoms with E-state index < -0.39 is 0 Å². The van der Waals surface area contributed by atoms with Crippen molar-refractivity contribution < 1.29 is 9.53 Å². The van der Waals surface area contributed by atoms with Gasteiger partial charge in [-0.05, 0) is 19.8 Å². The van der Waals surface area contributed by atoms with Gasteiger partial charge in [-0.15, -0.1) is 0 Å². The van der Waals surface area contributed by atoms with Crippen LogP contribution in [0.25, 0.3) is 0 Å². The van der Waals surface area contributed by atoms with E-state index in [-0.39, 0.29) is 5.91 Å². The molecule has 7 heteroatoms. The van der Waals surface area contributed by atoms with Gasteiger partial charge in [0.25, 0.3) is 5.91 Å². The van der Waals surface area contributed by atoms with Gasteiger partial charge in [-0.25, -0.2) is 4.98 Å². The molecule has 1 aliphatic heterocycles. The molecule has 2 rings (SSSR count). The number of rotatable bonds is 5. The van der Waals surface area contributed by atoms with E-state index in [1.165, 1.54) is 11.3 Å². The van der Waals surface area contributed by atoms with Gasteiger partial charge in [-0.2, -0.15) is 0 Å². The first-order valence-corrected chi connectivity index (χ1v) is 7.25. The summed E-state index contributed by atoms with van der Waals surface area (Å²) in [7, 11) is 1.64. The van der Waals surface area contributed by atoms with Gasteiger partial charge in [0.2, 0.25) is 0 Å². The fourth-order valence-corrected chi connectivity index (χ4v) is 3.05. The first kappa shape index (κ1) is 14.1. The molecule has 1 atom stereocenters. The van der Waals surface area contributed by atoms with Crippen molar-refractivity contribution in [3.05, 3.63) is 4.88 Å². The van der Waals surface area contributed by atoms with Crippen LogP contribution in [0.2, 0.25) is 0 Å². The lowest BCUT2D eigenvalue weighted by Gasteiger charge is -2.20. The summed E-state index contributed by atoms with van der Waals surface area (Å²) in [4.78, 5) is 19.0. The van der Waals surface area contributed by atoms with Crippen LogP contribution in [0.1, 0.15) is 29.4 Å². The molecule has 3 N–H and O–H groups in total. The number of nitrogens with zero attached hydrogens (tertiary/aromatic N) is 2. The van der Waals surface area contributed by atoms with Crippen LogP contribution in [0.4, 0.5) is 10.9 Å². The van der Waals surface area contributed by atoms with E-state index in [1.807, 2.05) is 4.90 Å². The summed E-state index contributed by atoms with van der Waals surface area (Å²) >= 11 is 1.31. The van der Waals surface area contributed by atoms with Crippen molar-refractivity contribution in [3.63, 3.8) is 0 Å². The summed E-state index contributed by atoms with van der Waals surface area (Å²) in [6, 6.07) is 0.291. The van der Waals surface area contributed by atoms with Crippen LogP contribution in [0.15, 0.2) is 0 Å². The van der Waals surface area contributed by atoms with Crippen molar-refractivity contribution in [1.29, 1.82) is 0 Å². The second-order valence-corrected chi connectivity index (χ2v) is 5.64. The molecule has 6 nitrogen and oxygen atoms in total. The minimum Gasteiger partial charge on any atom is -0.383 e. The topological polar surface area (TPSA) is 80.5 Å². The van der Waals surface area contributed by atoms with Crippen molar-refractivity contribution in [2.45, 2.75) is 25.8 Å². The zero-order valence-electron chi connectivity index (χ0n) is 11.3. The molecule has 0 spiro atoms. The Hall–Kier alpha value is -1.34. The average molecular weight is 284 g/mol. The molecule has 1 saturated heterocycles. The third-order valence-corrected chi connectivity index (χ3v) is 4.26. The van der Waals surface area contributed by atoms with Crippen LogP contribution in [0.3, 0.4) is 0 Å². The van der Waals surface area contributed by atoms with Gasteiger partial charge in [0.1, 0.15) is 10.7 Å². The number of hydrogen-bond acceptors (Lipinski definition) is 6. The number of anilines is 2. The second-order valence-electron chi connectivity index (χ2n) is 4.64. The number of nitrogens with two attached hydrogens (primary N) is 1. The first-order valence-electron chi connectivity index (χ1n) is 6.43. The summed E-state index contributed by atoms with van der Waals surface area (Å²) in [6.07, 6.45) is 2.12. The predicted octanol–water partition coefficient (Wildman–Crippen LogP) is 1.41. The van der Waals surface area contributed by atoms with Crippen LogP contribution >= 0.6 is 11.3 Å². The second kappa shape index (κ2) is 6.21. The van der Waals surface area contributed by atoms with E-state index in [0.29, 0.717) is 35.0 Å². The number of amides is 1. The van der Waals surface area contributed by atoms with Gasteiger partial charge in [0.15, 0.2) is 5.13 Å². The minimum absolute atomic E-state index is 0.000193. The maximum absolute atomic E-state index is 12.4. The van der Waals surface area contributed by atoms with E-state index in [4.69, 9.17) is 10.5 Å². The standard InChI is InChI=1S/C12H20N4O2S/c1-8-4-3-6-16(8)11(17)9-10(13)15-12(19-9)14-5-7-18-2/h8H,3-7,13H2,1-2H3,(H,14,15). The highest BCUT2D eigenvalue weighted by Gasteiger charge is 2.29. The summed E-state index contributed by atoms with van der Waals surface area (Å²) in [5.74, 6) is 0.314. The lowest BCUT2D eigenvalue weighted by atomic mass is 10.2. The van der Waals surface area contributed by atoms with Crippen molar-refractivity contribution in [1.82, 2.24) is 9.88 Å². The third kappa shape index (κ3) is 3.16. The highest BCUT2D eigenvalue weighted by molar-refractivity contribution is 7.18. The number of nitrogens with one attached hydrogen (secondary N) is 1. The SMILES string of the molecule is COCCNc1nc(N)c(C(=O)N2CCCC2C)s1. The van der Waals surface area contributed by atoms with Crippen LogP contribution < -0.4 is 11.1 Å². The van der Waals surface area contributed by atoms with Crippen molar-refractivity contribution in [3.8, 4) is 0 Å². The maximum atomic E-state index is 12.4. The number of thiazole rings is 1.